The third-order valence-corrected chi connectivity index (χ3v) is 3.30. The van der Waals surface area contributed by atoms with Gasteiger partial charge in [0.05, 0.1) is 10.5 Å². The van der Waals surface area contributed by atoms with Gasteiger partial charge in [0.25, 0.3) is 5.82 Å². The van der Waals surface area contributed by atoms with Gasteiger partial charge in [0.15, 0.2) is 0 Å². The number of hydrogen-bond donors (Lipinski definition) is 1. The molecule has 3 rings (SSSR count). The largest absolute Gasteiger partial charge is 0.287 e. The highest BCUT2D eigenvalue weighted by Crippen LogP contribution is 2.16. The molecule has 0 fully saturated rings. The summed E-state index contributed by atoms with van der Waals surface area (Å²) in [7, 11) is 0. The lowest BCUT2D eigenvalue weighted by molar-refractivity contribution is -0.673. The zero-order valence-corrected chi connectivity index (χ0v) is 11.0. The maximum absolute atomic E-state index is 6.01. The van der Waals surface area contributed by atoms with Gasteiger partial charge in [-0.05, 0) is 12.1 Å². The monoisotopic (exact) mass is 270 g/mol. The molecule has 94 valence electrons. The molecule has 0 saturated heterocycles. The quantitative estimate of drug-likeness (QED) is 0.728. The fourth-order valence-electron chi connectivity index (χ4n) is 2.14. The van der Waals surface area contributed by atoms with Crippen molar-refractivity contribution in [3.63, 3.8) is 0 Å². The molecule has 0 spiro atoms. The third kappa shape index (κ3) is 2.37. The maximum Gasteiger partial charge on any atom is 0.272 e. The molecule has 0 unspecified atom stereocenters. The SMILES string of the molecule is Nc1ccc(Cl)c[n+]1Cc1cccc2cccnc12. The van der Waals surface area contributed by atoms with Crippen molar-refractivity contribution in [1.29, 1.82) is 0 Å². The van der Waals surface area contributed by atoms with Crippen LogP contribution in [0.2, 0.25) is 5.02 Å². The van der Waals surface area contributed by atoms with Gasteiger partial charge in [-0.15, -0.1) is 0 Å². The van der Waals surface area contributed by atoms with E-state index in [4.69, 9.17) is 17.3 Å². The van der Waals surface area contributed by atoms with E-state index < -0.39 is 0 Å². The first kappa shape index (κ1) is 11.9. The van der Waals surface area contributed by atoms with Crippen molar-refractivity contribution in [2.24, 2.45) is 0 Å². The van der Waals surface area contributed by atoms with Crippen molar-refractivity contribution in [2.75, 3.05) is 5.73 Å². The predicted molar refractivity (Wildman–Crippen MR) is 76.9 cm³/mol. The number of para-hydroxylation sites is 1. The van der Waals surface area contributed by atoms with Crippen LogP contribution in [0.15, 0.2) is 54.9 Å². The summed E-state index contributed by atoms with van der Waals surface area (Å²) >= 11 is 6.01. The van der Waals surface area contributed by atoms with Crippen LogP contribution in [0.5, 0.6) is 0 Å². The van der Waals surface area contributed by atoms with Crippen LogP contribution >= 0.6 is 11.6 Å². The van der Waals surface area contributed by atoms with Crippen molar-refractivity contribution < 1.29 is 4.57 Å². The van der Waals surface area contributed by atoms with Crippen LogP contribution in [-0.4, -0.2) is 4.98 Å². The number of pyridine rings is 2. The van der Waals surface area contributed by atoms with E-state index in [0.717, 1.165) is 16.5 Å². The molecule has 0 radical (unpaired) electrons. The number of hydrogen-bond acceptors (Lipinski definition) is 2. The molecule has 0 amide bonds. The number of rotatable bonds is 2. The Labute approximate surface area is 116 Å². The van der Waals surface area contributed by atoms with Crippen molar-refractivity contribution in [3.8, 4) is 0 Å². The highest BCUT2D eigenvalue weighted by Gasteiger charge is 2.09. The minimum Gasteiger partial charge on any atom is -0.287 e. The van der Waals surface area contributed by atoms with E-state index in [2.05, 4.69) is 23.2 Å². The van der Waals surface area contributed by atoms with Gasteiger partial charge in [0.1, 0.15) is 12.7 Å². The van der Waals surface area contributed by atoms with Crippen LogP contribution in [0, 0.1) is 0 Å². The molecule has 2 N–H and O–H groups in total. The fourth-order valence-corrected chi connectivity index (χ4v) is 2.32. The number of fused-ring (bicyclic) bond motifs is 1. The highest BCUT2D eigenvalue weighted by atomic mass is 35.5. The van der Waals surface area contributed by atoms with Crippen LogP contribution in [-0.2, 0) is 6.54 Å². The van der Waals surface area contributed by atoms with Gasteiger partial charge in [0.2, 0.25) is 0 Å². The van der Waals surface area contributed by atoms with Crippen molar-refractivity contribution in [2.45, 2.75) is 6.54 Å². The summed E-state index contributed by atoms with van der Waals surface area (Å²) < 4.78 is 1.92. The first-order chi connectivity index (χ1) is 9.24. The number of nitrogen functional groups attached to an aromatic ring is 1. The summed E-state index contributed by atoms with van der Waals surface area (Å²) in [4.78, 5) is 4.44. The number of halogens is 1. The van der Waals surface area contributed by atoms with Gasteiger partial charge < -0.3 is 0 Å². The lowest BCUT2D eigenvalue weighted by atomic mass is 10.1. The third-order valence-electron chi connectivity index (χ3n) is 3.08. The number of anilines is 1. The molecule has 0 saturated carbocycles. The summed E-state index contributed by atoms with van der Waals surface area (Å²) in [5.41, 5.74) is 8.08. The second kappa shape index (κ2) is 4.86. The summed E-state index contributed by atoms with van der Waals surface area (Å²) in [6, 6.07) is 13.7. The molecule has 3 aromatic rings. The highest BCUT2D eigenvalue weighted by molar-refractivity contribution is 6.30. The Hall–Kier alpha value is -2.13. The standard InChI is InChI=1S/C15H12ClN3/c16-13-6-7-14(17)19(10-13)9-12-4-1-3-11-5-2-8-18-15(11)12/h1-8,10,17H,9H2/p+1. The van der Waals surface area contributed by atoms with Crippen LogP contribution in [0.4, 0.5) is 5.82 Å². The van der Waals surface area contributed by atoms with Crippen molar-refractivity contribution in [3.05, 3.63) is 65.4 Å². The zero-order valence-electron chi connectivity index (χ0n) is 10.3. The average molecular weight is 271 g/mol. The second-order valence-corrected chi connectivity index (χ2v) is 4.83. The molecule has 0 aliphatic carbocycles. The first-order valence-corrected chi connectivity index (χ1v) is 6.39. The molecule has 0 aliphatic heterocycles. The molecule has 0 atom stereocenters. The minimum atomic E-state index is 0.654. The summed E-state index contributed by atoms with van der Waals surface area (Å²) in [6.45, 7) is 0.654. The normalized spacial score (nSPS) is 10.8. The van der Waals surface area contributed by atoms with E-state index in [0.29, 0.717) is 17.4 Å². The Morgan fingerprint density at radius 1 is 1.11 bits per heavy atom. The Morgan fingerprint density at radius 2 is 1.95 bits per heavy atom. The van der Waals surface area contributed by atoms with Crippen LogP contribution in [0.3, 0.4) is 0 Å². The summed E-state index contributed by atoms with van der Waals surface area (Å²) in [6.07, 6.45) is 3.64. The fraction of sp³-hybridized carbons (Fsp3) is 0.0667. The molecule has 0 aliphatic rings. The zero-order chi connectivity index (χ0) is 13.2. The minimum absolute atomic E-state index is 0.654. The molecule has 0 bridgehead atoms. The molecule has 4 heteroatoms. The molecule has 3 nitrogen and oxygen atoms in total. The number of aromatic nitrogens is 2. The van der Waals surface area contributed by atoms with Gasteiger partial charge in [-0.2, -0.15) is 0 Å². The Morgan fingerprint density at radius 3 is 2.84 bits per heavy atom. The van der Waals surface area contributed by atoms with Gasteiger partial charge in [-0.25, -0.2) is 4.57 Å². The molecule has 1 aromatic carbocycles. The Bertz CT molecular complexity index is 735. The van der Waals surface area contributed by atoms with Crippen LogP contribution < -0.4 is 10.3 Å². The molecular formula is C15H13ClN3+. The van der Waals surface area contributed by atoms with Crippen LogP contribution in [0.1, 0.15) is 5.56 Å². The summed E-state index contributed by atoms with van der Waals surface area (Å²) in [5, 5.41) is 1.79. The lowest BCUT2D eigenvalue weighted by Crippen LogP contribution is -2.37. The van der Waals surface area contributed by atoms with Gasteiger partial charge in [-0.3, -0.25) is 10.7 Å². The molecular weight excluding hydrogens is 258 g/mol. The number of benzene rings is 1. The van der Waals surface area contributed by atoms with Gasteiger partial charge in [0, 0.05) is 23.2 Å². The van der Waals surface area contributed by atoms with E-state index in [9.17, 15) is 0 Å². The Balaban J connectivity index is 2.08. The van der Waals surface area contributed by atoms with Crippen molar-refractivity contribution >= 4 is 28.3 Å². The molecule has 2 heterocycles. The summed E-state index contributed by atoms with van der Waals surface area (Å²) in [5.74, 6) is 0.678. The van der Waals surface area contributed by atoms with Crippen LogP contribution in [0.25, 0.3) is 10.9 Å². The second-order valence-electron chi connectivity index (χ2n) is 4.39. The van der Waals surface area contributed by atoms with E-state index in [1.165, 1.54) is 0 Å². The van der Waals surface area contributed by atoms with Gasteiger partial charge >= 0.3 is 0 Å². The molecule has 2 aromatic heterocycles. The first-order valence-electron chi connectivity index (χ1n) is 6.01. The van der Waals surface area contributed by atoms with E-state index >= 15 is 0 Å². The van der Waals surface area contributed by atoms with E-state index in [1.54, 1.807) is 18.3 Å². The lowest BCUT2D eigenvalue weighted by Gasteiger charge is -2.06. The maximum atomic E-state index is 6.01. The topological polar surface area (TPSA) is 42.8 Å². The number of nitrogens with two attached hydrogens (primary N) is 1. The molecule has 19 heavy (non-hydrogen) atoms. The number of nitrogens with zero attached hydrogens (tertiary/aromatic N) is 2. The van der Waals surface area contributed by atoms with E-state index in [-0.39, 0.29) is 0 Å². The Kier molecular flexibility index (Phi) is 3.05. The smallest absolute Gasteiger partial charge is 0.272 e. The van der Waals surface area contributed by atoms with E-state index in [1.807, 2.05) is 22.9 Å². The van der Waals surface area contributed by atoms with Gasteiger partial charge in [-0.1, -0.05) is 35.9 Å². The predicted octanol–water partition coefficient (Wildman–Crippen LogP) is 2.81. The van der Waals surface area contributed by atoms with Crippen molar-refractivity contribution in [1.82, 2.24) is 4.98 Å². The average Bonchev–Trinajstić information content (AvgIpc) is 2.43.